The Kier molecular flexibility index (Phi) is 4.81. The molecule has 0 saturated carbocycles. The van der Waals surface area contributed by atoms with Crippen LogP contribution in [0.15, 0.2) is 42.5 Å². The van der Waals surface area contributed by atoms with Crippen LogP contribution in [0.5, 0.6) is 0 Å². The van der Waals surface area contributed by atoms with E-state index >= 15 is 0 Å². The zero-order chi connectivity index (χ0) is 15.4. The Labute approximate surface area is 127 Å². The Bertz CT molecular complexity index is 623. The molecule has 0 saturated heterocycles. The van der Waals surface area contributed by atoms with Crippen LogP contribution in [0.4, 0.5) is 10.1 Å². The standard InChI is InChI=1S/C16H16ClFN2O/c1-10(6-11-2-4-14(18)5-3-11)20-16(21)12-7-13(17)9-15(19)8-12/h2-5,7-10H,6,19H2,1H3,(H,20,21). The first-order valence-electron chi connectivity index (χ1n) is 6.55. The predicted molar refractivity (Wildman–Crippen MR) is 82.9 cm³/mol. The van der Waals surface area contributed by atoms with Crippen LogP contribution in [-0.4, -0.2) is 11.9 Å². The minimum absolute atomic E-state index is 0.0943. The molecule has 1 unspecified atom stereocenters. The van der Waals surface area contributed by atoms with Crippen molar-refractivity contribution in [2.45, 2.75) is 19.4 Å². The molecule has 0 bridgehead atoms. The number of carbonyl (C=O) groups is 1. The van der Waals surface area contributed by atoms with Crippen LogP contribution < -0.4 is 11.1 Å². The van der Waals surface area contributed by atoms with Crippen LogP contribution >= 0.6 is 11.6 Å². The van der Waals surface area contributed by atoms with Gasteiger partial charge in [0.05, 0.1) is 0 Å². The van der Waals surface area contributed by atoms with Gasteiger partial charge in [-0.15, -0.1) is 0 Å². The summed E-state index contributed by atoms with van der Waals surface area (Å²) < 4.78 is 12.8. The molecule has 3 nitrogen and oxygen atoms in total. The number of halogens is 2. The Morgan fingerprint density at radius 1 is 1.29 bits per heavy atom. The Morgan fingerprint density at radius 3 is 2.57 bits per heavy atom. The van der Waals surface area contributed by atoms with Gasteiger partial charge in [0.1, 0.15) is 5.82 Å². The number of rotatable bonds is 4. The summed E-state index contributed by atoms with van der Waals surface area (Å²) in [5.41, 5.74) is 7.48. The van der Waals surface area contributed by atoms with E-state index in [9.17, 15) is 9.18 Å². The quantitative estimate of drug-likeness (QED) is 0.850. The second-order valence-corrected chi connectivity index (χ2v) is 5.41. The van der Waals surface area contributed by atoms with Crippen molar-refractivity contribution < 1.29 is 9.18 Å². The van der Waals surface area contributed by atoms with E-state index in [1.165, 1.54) is 12.1 Å². The van der Waals surface area contributed by atoms with Gasteiger partial charge >= 0.3 is 0 Å². The molecule has 0 radical (unpaired) electrons. The van der Waals surface area contributed by atoms with Crippen LogP contribution in [0.1, 0.15) is 22.8 Å². The number of nitrogens with one attached hydrogen (secondary N) is 1. The third-order valence-corrected chi connectivity index (χ3v) is 3.23. The number of benzene rings is 2. The Morgan fingerprint density at radius 2 is 1.95 bits per heavy atom. The molecule has 3 N–H and O–H groups in total. The summed E-state index contributed by atoms with van der Waals surface area (Å²) in [6, 6.07) is 10.8. The molecular formula is C16H16ClFN2O. The highest BCUT2D eigenvalue weighted by Crippen LogP contribution is 2.16. The highest BCUT2D eigenvalue weighted by Gasteiger charge is 2.11. The first kappa shape index (κ1) is 15.3. The fraction of sp³-hybridized carbons (Fsp3) is 0.188. The first-order valence-corrected chi connectivity index (χ1v) is 6.93. The highest BCUT2D eigenvalue weighted by molar-refractivity contribution is 6.31. The maximum absolute atomic E-state index is 12.8. The van der Waals surface area contributed by atoms with Crippen LogP contribution in [0.25, 0.3) is 0 Å². The maximum atomic E-state index is 12.8. The van der Waals surface area contributed by atoms with E-state index in [4.69, 9.17) is 17.3 Å². The van der Waals surface area contributed by atoms with Crippen molar-refractivity contribution in [3.05, 3.63) is 64.4 Å². The zero-order valence-corrected chi connectivity index (χ0v) is 12.3. The van der Waals surface area contributed by atoms with Crippen molar-refractivity contribution in [2.24, 2.45) is 0 Å². The predicted octanol–water partition coefficient (Wildman–Crippen LogP) is 3.42. The summed E-state index contributed by atoms with van der Waals surface area (Å²) in [6.45, 7) is 1.88. The first-order chi connectivity index (χ1) is 9.94. The minimum atomic E-state index is -0.273. The van der Waals surface area contributed by atoms with E-state index in [0.29, 0.717) is 22.7 Å². The number of nitrogens with two attached hydrogens (primary N) is 1. The van der Waals surface area contributed by atoms with Gasteiger partial charge in [-0.05, 0) is 49.2 Å². The third-order valence-electron chi connectivity index (χ3n) is 3.01. The second kappa shape index (κ2) is 6.59. The number of amides is 1. The number of carbonyl (C=O) groups excluding carboxylic acids is 1. The SMILES string of the molecule is CC(Cc1ccc(F)cc1)NC(=O)c1cc(N)cc(Cl)c1. The van der Waals surface area contributed by atoms with Crippen LogP contribution in [0, 0.1) is 5.82 Å². The monoisotopic (exact) mass is 306 g/mol. The Balaban J connectivity index is 2.00. The normalized spacial score (nSPS) is 12.0. The molecule has 21 heavy (non-hydrogen) atoms. The molecule has 1 amide bonds. The lowest BCUT2D eigenvalue weighted by Gasteiger charge is -2.14. The molecule has 2 aromatic rings. The molecule has 2 aromatic carbocycles. The fourth-order valence-electron chi connectivity index (χ4n) is 2.08. The van der Waals surface area contributed by atoms with Gasteiger partial charge < -0.3 is 11.1 Å². The molecule has 0 heterocycles. The van der Waals surface area contributed by atoms with Gasteiger partial charge in [0.15, 0.2) is 0 Å². The zero-order valence-electron chi connectivity index (χ0n) is 11.6. The van der Waals surface area contributed by atoms with Gasteiger partial charge in [-0.25, -0.2) is 4.39 Å². The second-order valence-electron chi connectivity index (χ2n) is 4.98. The summed E-state index contributed by atoms with van der Waals surface area (Å²) in [5.74, 6) is -0.511. The topological polar surface area (TPSA) is 55.1 Å². The smallest absolute Gasteiger partial charge is 0.251 e. The summed E-state index contributed by atoms with van der Waals surface area (Å²) in [4.78, 5) is 12.1. The molecule has 0 spiro atoms. The van der Waals surface area contributed by atoms with E-state index in [1.54, 1.807) is 30.3 Å². The average molecular weight is 307 g/mol. The number of hydrogen-bond acceptors (Lipinski definition) is 2. The average Bonchev–Trinajstić information content (AvgIpc) is 2.40. The van der Waals surface area contributed by atoms with E-state index in [1.807, 2.05) is 6.92 Å². The van der Waals surface area contributed by atoms with E-state index < -0.39 is 0 Å². The van der Waals surface area contributed by atoms with Crippen molar-refractivity contribution in [2.75, 3.05) is 5.73 Å². The van der Waals surface area contributed by atoms with Gasteiger partial charge in [0, 0.05) is 22.3 Å². The molecule has 1 atom stereocenters. The molecule has 110 valence electrons. The van der Waals surface area contributed by atoms with Crippen molar-refractivity contribution in [1.29, 1.82) is 0 Å². The highest BCUT2D eigenvalue weighted by atomic mass is 35.5. The van der Waals surface area contributed by atoms with E-state index in [-0.39, 0.29) is 17.8 Å². The van der Waals surface area contributed by atoms with Crippen molar-refractivity contribution in [1.82, 2.24) is 5.32 Å². The summed E-state index contributed by atoms with van der Waals surface area (Å²) in [5, 5.41) is 3.29. The van der Waals surface area contributed by atoms with Crippen LogP contribution in [0.2, 0.25) is 5.02 Å². The molecular weight excluding hydrogens is 291 g/mol. The van der Waals surface area contributed by atoms with Crippen molar-refractivity contribution in [3.63, 3.8) is 0 Å². The number of hydrogen-bond donors (Lipinski definition) is 2. The lowest BCUT2D eigenvalue weighted by Crippen LogP contribution is -2.34. The molecule has 5 heteroatoms. The van der Waals surface area contributed by atoms with Crippen molar-refractivity contribution >= 4 is 23.2 Å². The lowest BCUT2D eigenvalue weighted by molar-refractivity contribution is 0.0940. The third kappa shape index (κ3) is 4.46. The fourth-order valence-corrected chi connectivity index (χ4v) is 2.32. The molecule has 2 rings (SSSR count). The van der Waals surface area contributed by atoms with Gasteiger partial charge in [0.2, 0.25) is 0 Å². The molecule has 0 aliphatic heterocycles. The van der Waals surface area contributed by atoms with Crippen LogP contribution in [0.3, 0.4) is 0 Å². The maximum Gasteiger partial charge on any atom is 0.251 e. The molecule has 0 aliphatic carbocycles. The van der Waals surface area contributed by atoms with Gasteiger partial charge in [-0.2, -0.15) is 0 Å². The van der Waals surface area contributed by atoms with Crippen LogP contribution in [-0.2, 0) is 6.42 Å². The van der Waals surface area contributed by atoms with Crippen molar-refractivity contribution in [3.8, 4) is 0 Å². The number of nitrogen functional groups attached to an aromatic ring is 1. The van der Waals surface area contributed by atoms with E-state index in [2.05, 4.69) is 5.32 Å². The largest absolute Gasteiger partial charge is 0.399 e. The molecule has 0 aliphatic rings. The summed E-state index contributed by atoms with van der Waals surface area (Å²) in [6.07, 6.45) is 0.613. The summed E-state index contributed by atoms with van der Waals surface area (Å²) >= 11 is 5.88. The molecule has 0 aromatic heterocycles. The number of anilines is 1. The lowest BCUT2D eigenvalue weighted by atomic mass is 10.1. The molecule has 0 fully saturated rings. The summed E-state index contributed by atoms with van der Waals surface area (Å²) in [7, 11) is 0. The Hall–Kier alpha value is -2.07. The van der Waals surface area contributed by atoms with Gasteiger partial charge in [-0.1, -0.05) is 23.7 Å². The van der Waals surface area contributed by atoms with Gasteiger partial charge in [-0.3, -0.25) is 4.79 Å². The van der Waals surface area contributed by atoms with E-state index in [0.717, 1.165) is 5.56 Å². The minimum Gasteiger partial charge on any atom is -0.399 e. The van der Waals surface area contributed by atoms with Gasteiger partial charge in [0.25, 0.3) is 5.91 Å².